The van der Waals surface area contributed by atoms with Crippen molar-refractivity contribution in [3.63, 3.8) is 0 Å². The van der Waals surface area contributed by atoms with Gasteiger partial charge in [-0.25, -0.2) is 9.59 Å². The predicted molar refractivity (Wildman–Crippen MR) is 112 cm³/mol. The Kier molecular flexibility index (Phi) is 7.25. The Morgan fingerprint density at radius 2 is 1.58 bits per heavy atom. The van der Waals surface area contributed by atoms with Gasteiger partial charge < -0.3 is 20.5 Å². The highest BCUT2D eigenvalue weighted by Crippen LogP contribution is 2.44. The van der Waals surface area contributed by atoms with Crippen molar-refractivity contribution >= 4 is 18.0 Å². The molecule has 0 fully saturated rings. The van der Waals surface area contributed by atoms with Gasteiger partial charge in [0.2, 0.25) is 5.91 Å². The summed E-state index contributed by atoms with van der Waals surface area (Å²) >= 11 is 0. The molecule has 7 nitrogen and oxygen atoms in total. The summed E-state index contributed by atoms with van der Waals surface area (Å²) in [6.07, 6.45) is -7.23. The van der Waals surface area contributed by atoms with E-state index >= 15 is 0 Å². The van der Waals surface area contributed by atoms with Crippen molar-refractivity contribution in [2.45, 2.75) is 31.5 Å². The molecule has 0 aromatic heterocycles. The molecule has 3 N–H and O–H groups in total. The molecule has 176 valence electrons. The van der Waals surface area contributed by atoms with Crippen LogP contribution in [0.5, 0.6) is 0 Å². The van der Waals surface area contributed by atoms with E-state index in [1.54, 1.807) is 0 Å². The summed E-state index contributed by atoms with van der Waals surface area (Å²) in [5, 5.41) is 13.1. The number of carboxylic acids is 1. The van der Waals surface area contributed by atoms with Crippen molar-refractivity contribution < 1.29 is 37.4 Å². The Balaban J connectivity index is 1.52. The predicted octanol–water partition coefficient (Wildman–Crippen LogP) is 3.68. The van der Waals surface area contributed by atoms with Gasteiger partial charge in [0.1, 0.15) is 12.6 Å². The van der Waals surface area contributed by atoms with E-state index in [-0.39, 0.29) is 19.1 Å². The molecule has 0 saturated carbocycles. The standard InChI is InChI=1S/C23H23F3N2O5/c1-13(20(29)28-19(21(30)31)10-23(24,25)26)11-27-22(32)33-12-18-16-8-4-2-6-14(16)15-7-3-5-9-17(15)18/h2-9,13,18-19H,10-12H2,1H3,(H,27,32)(H,28,29)(H,30,31). The summed E-state index contributed by atoms with van der Waals surface area (Å²) in [6.45, 7) is 1.18. The Labute approximate surface area is 187 Å². The fourth-order valence-electron chi connectivity index (χ4n) is 3.72. The maximum absolute atomic E-state index is 12.5. The zero-order valence-electron chi connectivity index (χ0n) is 17.7. The number of halogens is 3. The summed E-state index contributed by atoms with van der Waals surface area (Å²) in [4.78, 5) is 35.2. The van der Waals surface area contributed by atoms with Gasteiger partial charge in [0.05, 0.1) is 12.3 Å². The molecule has 0 radical (unpaired) electrons. The highest BCUT2D eigenvalue weighted by molar-refractivity contribution is 5.85. The van der Waals surface area contributed by atoms with Gasteiger partial charge in [-0.1, -0.05) is 55.5 Å². The molecule has 0 heterocycles. The number of carboxylic acid groups (broad SMARTS) is 1. The zero-order chi connectivity index (χ0) is 24.2. The highest BCUT2D eigenvalue weighted by atomic mass is 19.4. The van der Waals surface area contributed by atoms with Crippen LogP contribution < -0.4 is 10.6 Å². The number of carbonyl (C=O) groups is 3. The van der Waals surface area contributed by atoms with Crippen LogP contribution in [0.4, 0.5) is 18.0 Å². The molecule has 0 saturated heterocycles. The van der Waals surface area contributed by atoms with Crippen molar-refractivity contribution in [1.82, 2.24) is 10.6 Å². The SMILES string of the molecule is CC(CNC(=O)OCC1c2ccccc2-c2ccccc21)C(=O)NC(CC(F)(F)F)C(=O)O. The molecule has 3 rings (SSSR count). The second-order valence-corrected chi connectivity index (χ2v) is 7.83. The summed E-state index contributed by atoms with van der Waals surface area (Å²) in [6, 6.07) is 13.5. The van der Waals surface area contributed by atoms with E-state index in [1.807, 2.05) is 53.8 Å². The Bertz CT molecular complexity index is 995. The third-order valence-electron chi connectivity index (χ3n) is 5.39. The highest BCUT2D eigenvalue weighted by Gasteiger charge is 2.37. The number of fused-ring (bicyclic) bond motifs is 3. The van der Waals surface area contributed by atoms with Crippen molar-refractivity contribution in [3.8, 4) is 11.1 Å². The lowest BCUT2D eigenvalue weighted by molar-refractivity contribution is -0.160. The summed E-state index contributed by atoms with van der Waals surface area (Å²) < 4.78 is 42.8. The molecular weight excluding hydrogens is 441 g/mol. The fourth-order valence-corrected chi connectivity index (χ4v) is 3.72. The maximum Gasteiger partial charge on any atom is 0.407 e. The summed E-state index contributed by atoms with van der Waals surface area (Å²) in [7, 11) is 0. The molecule has 0 aliphatic heterocycles. The Morgan fingerprint density at radius 3 is 2.09 bits per heavy atom. The van der Waals surface area contributed by atoms with Crippen LogP contribution in [0.3, 0.4) is 0 Å². The number of amides is 2. The molecule has 10 heteroatoms. The molecule has 2 amide bonds. The molecule has 0 bridgehead atoms. The van der Waals surface area contributed by atoms with E-state index in [4.69, 9.17) is 9.84 Å². The minimum atomic E-state index is -4.75. The number of alkyl carbamates (subject to hydrolysis) is 1. The first kappa shape index (κ1) is 24.1. The fraction of sp³-hybridized carbons (Fsp3) is 0.348. The van der Waals surface area contributed by atoms with Gasteiger partial charge >= 0.3 is 18.2 Å². The lowest BCUT2D eigenvalue weighted by Gasteiger charge is -2.19. The molecule has 2 atom stereocenters. The van der Waals surface area contributed by atoms with Gasteiger partial charge in [0.25, 0.3) is 0 Å². The van der Waals surface area contributed by atoms with Gasteiger partial charge in [-0.05, 0) is 22.3 Å². The van der Waals surface area contributed by atoms with Crippen LogP contribution in [-0.2, 0) is 14.3 Å². The van der Waals surface area contributed by atoms with E-state index in [9.17, 15) is 27.6 Å². The van der Waals surface area contributed by atoms with Crippen molar-refractivity contribution in [2.75, 3.05) is 13.2 Å². The van der Waals surface area contributed by atoms with Crippen LogP contribution in [0.15, 0.2) is 48.5 Å². The van der Waals surface area contributed by atoms with Crippen LogP contribution in [0, 0.1) is 5.92 Å². The minimum absolute atomic E-state index is 0.0626. The summed E-state index contributed by atoms with van der Waals surface area (Å²) in [5.41, 5.74) is 4.20. The van der Waals surface area contributed by atoms with Crippen molar-refractivity contribution in [2.24, 2.45) is 5.92 Å². The molecule has 2 aromatic rings. The second-order valence-electron chi connectivity index (χ2n) is 7.83. The van der Waals surface area contributed by atoms with Crippen LogP contribution in [0.1, 0.15) is 30.4 Å². The lowest BCUT2D eigenvalue weighted by Crippen LogP contribution is -2.47. The molecule has 1 aliphatic carbocycles. The molecule has 0 spiro atoms. The van der Waals surface area contributed by atoms with Crippen LogP contribution in [-0.4, -0.2) is 48.4 Å². The summed E-state index contributed by atoms with van der Waals surface area (Å²) in [5.74, 6) is -3.84. The number of hydrogen-bond acceptors (Lipinski definition) is 4. The van der Waals surface area contributed by atoms with Gasteiger partial charge in [-0.2, -0.15) is 13.2 Å². The average molecular weight is 464 g/mol. The second kappa shape index (κ2) is 9.93. The maximum atomic E-state index is 12.5. The van der Waals surface area contributed by atoms with Crippen LogP contribution >= 0.6 is 0 Å². The number of nitrogens with one attached hydrogen (secondary N) is 2. The number of carbonyl (C=O) groups excluding carboxylic acids is 2. The van der Waals surface area contributed by atoms with Gasteiger partial charge in [0.15, 0.2) is 0 Å². The number of alkyl halides is 3. The van der Waals surface area contributed by atoms with Crippen LogP contribution in [0.25, 0.3) is 11.1 Å². The van der Waals surface area contributed by atoms with Crippen molar-refractivity contribution in [1.29, 1.82) is 0 Å². The average Bonchev–Trinajstić information content (AvgIpc) is 3.08. The van der Waals surface area contributed by atoms with Gasteiger partial charge in [0, 0.05) is 12.5 Å². The van der Waals surface area contributed by atoms with E-state index < -0.39 is 42.5 Å². The smallest absolute Gasteiger partial charge is 0.407 e. The Morgan fingerprint density at radius 1 is 1.03 bits per heavy atom. The first-order valence-electron chi connectivity index (χ1n) is 10.3. The number of rotatable bonds is 8. The van der Waals surface area contributed by atoms with E-state index in [0.29, 0.717) is 0 Å². The minimum Gasteiger partial charge on any atom is -0.480 e. The lowest BCUT2D eigenvalue weighted by atomic mass is 9.98. The normalized spacial score (nSPS) is 14.5. The van der Waals surface area contributed by atoms with Crippen LogP contribution in [0.2, 0.25) is 0 Å². The molecule has 1 aliphatic rings. The number of hydrogen-bond donors (Lipinski definition) is 3. The van der Waals surface area contributed by atoms with Gasteiger partial charge in [-0.15, -0.1) is 0 Å². The number of benzene rings is 2. The third kappa shape index (κ3) is 6.03. The van der Waals surface area contributed by atoms with E-state index in [0.717, 1.165) is 22.3 Å². The first-order chi connectivity index (χ1) is 15.6. The van der Waals surface area contributed by atoms with E-state index in [2.05, 4.69) is 5.32 Å². The number of aliphatic carboxylic acids is 1. The van der Waals surface area contributed by atoms with E-state index in [1.165, 1.54) is 6.92 Å². The molecule has 2 unspecified atom stereocenters. The Hall–Kier alpha value is -3.56. The topological polar surface area (TPSA) is 105 Å². The first-order valence-corrected chi connectivity index (χ1v) is 10.3. The third-order valence-corrected chi connectivity index (χ3v) is 5.39. The monoisotopic (exact) mass is 464 g/mol. The van der Waals surface area contributed by atoms with Crippen molar-refractivity contribution in [3.05, 3.63) is 59.7 Å². The number of ether oxygens (including phenoxy) is 1. The zero-order valence-corrected chi connectivity index (χ0v) is 17.7. The molecule has 33 heavy (non-hydrogen) atoms. The largest absolute Gasteiger partial charge is 0.480 e. The molecular formula is C23H23F3N2O5. The molecule has 2 aromatic carbocycles. The quantitative estimate of drug-likeness (QED) is 0.553. The van der Waals surface area contributed by atoms with Gasteiger partial charge in [-0.3, -0.25) is 4.79 Å².